The van der Waals surface area contributed by atoms with Gasteiger partial charge in [-0.2, -0.15) is 0 Å². The van der Waals surface area contributed by atoms with Crippen LogP contribution in [0.1, 0.15) is 15.9 Å². The Balaban J connectivity index is 2.28. The van der Waals surface area contributed by atoms with E-state index >= 15 is 0 Å². The molecule has 1 aromatic carbocycles. The Kier molecular flexibility index (Phi) is 3.84. The highest BCUT2D eigenvalue weighted by atomic mass is 35.5. The molecule has 0 amide bonds. The average molecular weight is 282 g/mol. The maximum atomic E-state index is 11.9. The molecule has 3 nitrogen and oxygen atoms in total. The first-order valence-electron chi connectivity index (χ1n) is 5.16. The Labute approximate surface area is 114 Å². The van der Waals surface area contributed by atoms with Gasteiger partial charge in [-0.25, -0.2) is 4.79 Å². The summed E-state index contributed by atoms with van der Waals surface area (Å²) in [5, 5.41) is 0.558. The summed E-state index contributed by atoms with van der Waals surface area (Å²) in [6.45, 7) is 1.81. The fraction of sp³-hybridized carbons (Fsp3) is 0.0769. The molecule has 1 heterocycles. The van der Waals surface area contributed by atoms with E-state index in [2.05, 4.69) is 4.98 Å². The summed E-state index contributed by atoms with van der Waals surface area (Å²) in [5.74, 6) is -0.204. The van der Waals surface area contributed by atoms with Crippen molar-refractivity contribution in [1.29, 1.82) is 0 Å². The molecule has 5 heteroatoms. The third-order valence-corrected chi connectivity index (χ3v) is 3.32. The maximum Gasteiger partial charge on any atom is 0.345 e. The van der Waals surface area contributed by atoms with Crippen LogP contribution in [0.5, 0.6) is 5.75 Å². The van der Waals surface area contributed by atoms with E-state index in [-0.39, 0.29) is 10.6 Å². The molecule has 1 aromatic heterocycles. The maximum absolute atomic E-state index is 11.9. The highest BCUT2D eigenvalue weighted by molar-refractivity contribution is 6.44. The van der Waals surface area contributed by atoms with E-state index in [1.165, 1.54) is 6.20 Å². The van der Waals surface area contributed by atoms with Crippen LogP contribution in [0.25, 0.3) is 0 Å². The molecular weight excluding hydrogens is 273 g/mol. The lowest BCUT2D eigenvalue weighted by Gasteiger charge is -2.07. The molecule has 2 aromatic rings. The van der Waals surface area contributed by atoms with Crippen LogP contribution in [0.3, 0.4) is 0 Å². The van der Waals surface area contributed by atoms with Gasteiger partial charge in [0, 0.05) is 6.20 Å². The van der Waals surface area contributed by atoms with Crippen molar-refractivity contribution in [1.82, 2.24) is 4.98 Å². The molecule has 0 aliphatic rings. The summed E-state index contributed by atoms with van der Waals surface area (Å²) in [6, 6.07) is 6.61. The van der Waals surface area contributed by atoms with Gasteiger partial charge in [-0.15, -0.1) is 0 Å². The van der Waals surface area contributed by atoms with Crippen LogP contribution in [0.15, 0.2) is 36.7 Å². The minimum atomic E-state index is -0.560. The quantitative estimate of drug-likeness (QED) is 0.784. The number of hydrogen-bond acceptors (Lipinski definition) is 3. The predicted octanol–water partition coefficient (Wildman–Crippen LogP) is 3.92. The van der Waals surface area contributed by atoms with E-state index in [9.17, 15) is 4.79 Å². The minimum absolute atomic E-state index is 0.200. The third kappa shape index (κ3) is 2.63. The lowest BCUT2D eigenvalue weighted by atomic mass is 10.1. The fourth-order valence-corrected chi connectivity index (χ4v) is 1.83. The number of halogens is 2. The summed E-state index contributed by atoms with van der Waals surface area (Å²) in [7, 11) is 0. The van der Waals surface area contributed by atoms with Crippen LogP contribution >= 0.6 is 23.2 Å². The van der Waals surface area contributed by atoms with Gasteiger partial charge >= 0.3 is 5.97 Å². The van der Waals surface area contributed by atoms with Crippen LogP contribution < -0.4 is 4.74 Å². The van der Waals surface area contributed by atoms with Crippen LogP contribution in [0.2, 0.25) is 10.0 Å². The summed E-state index contributed by atoms with van der Waals surface area (Å²) < 4.78 is 5.13. The smallest absolute Gasteiger partial charge is 0.345 e. The number of nitrogens with zero attached hydrogens (tertiary/aromatic N) is 1. The van der Waals surface area contributed by atoms with Gasteiger partial charge in [0.1, 0.15) is 5.75 Å². The molecule has 0 saturated heterocycles. The van der Waals surface area contributed by atoms with Crippen molar-refractivity contribution in [3.05, 3.63) is 57.8 Å². The molecule has 0 unspecified atom stereocenters. The van der Waals surface area contributed by atoms with Crippen LogP contribution in [0, 0.1) is 6.92 Å². The largest absolute Gasteiger partial charge is 0.421 e. The lowest BCUT2D eigenvalue weighted by Crippen LogP contribution is -2.09. The first kappa shape index (κ1) is 12.9. The van der Waals surface area contributed by atoms with Gasteiger partial charge in [-0.3, -0.25) is 4.98 Å². The van der Waals surface area contributed by atoms with E-state index in [1.54, 1.807) is 30.5 Å². The van der Waals surface area contributed by atoms with Gasteiger partial charge in [0.2, 0.25) is 0 Å². The Morgan fingerprint density at radius 3 is 2.67 bits per heavy atom. The highest BCUT2D eigenvalue weighted by Crippen LogP contribution is 2.29. The fourth-order valence-electron chi connectivity index (χ4n) is 1.37. The molecule has 0 saturated carbocycles. The lowest BCUT2D eigenvalue weighted by molar-refractivity contribution is 0.0734. The Morgan fingerprint density at radius 2 is 2.00 bits per heavy atom. The van der Waals surface area contributed by atoms with Crippen molar-refractivity contribution < 1.29 is 9.53 Å². The SMILES string of the molecule is Cc1ccc(C(=O)Oc2cccnc2)c(Cl)c1Cl. The Morgan fingerprint density at radius 1 is 1.22 bits per heavy atom. The van der Waals surface area contributed by atoms with Crippen molar-refractivity contribution >= 4 is 29.2 Å². The molecule has 2 rings (SSSR count). The molecule has 18 heavy (non-hydrogen) atoms. The van der Waals surface area contributed by atoms with Gasteiger partial charge in [0.25, 0.3) is 0 Å². The van der Waals surface area contributed by atoms with E-state index in [4.69, 9.17) is 27.9 Å². The summed E-state index contributed by atoms with van der Waals surface area (Å²) >= 11 is 12.0. The van der Waals surface area contributed by atoms with Gasteiger partial charge < -0.3 is 4.74 Å². The molecule has 0 N–H and O–H groups in total. The number of ether oxygens (including phenoxy) is 1. The highest BCUT2D eigenvalue weighted by Gasteiger charge is 2.16. The minimum Gasteiger partial charge on any atom is -0.421 e. The second-order valence-electron chi connectivity index (χ2n) is 3.64. The van der Waals surface area contributed by atoms with Crippen molar-refractivity contribution in [2.45, 2.75) is 6.92 Å². The first-order chi connectivity index (χ1) is 8.59. The Bertz CT molecular complexity index is 585. The summed E-state index contributed by atoms with van der Waals surface area (Å²) in [5.41, 5.74) is 1.04. The third-order valence-electron chi connectivity index (χ3n) is 2.34. The van der Waals surface area contributed by atoms with Crippen LogP contribution in [-0.4, -0.2) is 11.0 Å². The van der Waals surface area contributed by atoms with E-state index in [1.807, 2.05) is 6.92 Å². The Hall–Kier alpha value is -1.58. The van der Waals surface area contributed by atoms with Gasteiger partial charge in [0.05, 0.1) is 21.8 Å². The summed E-state index contributed by atoms with van der Waals surface area (Å²) in [4.78, 5) is 15.8. The number of pyridine rings is 1. The number of benzene rings is 1. The molecule has 0 atom stereocenters. The predicted molar refractivity (Wildman–Crippen MR) is 70.4 cm³/mol. The van der Waals surface area contributed by atoms with E-state index in [0.29, 0.717) is 10.8 Å². The zero-order valence-electron chi connectivity index (χ0n) is 9.48. The topological polar surface area (TPSA) is 39.2 Å². The number of esters is 1. The van der Waals surface area contributed by atoms with Crippen LogP contribution in [0.4, 0.5) is 0 Å². The van der Waals surface area contributed by atoms with Crippen molar-refractivity contribution in [3.8, 4) is 5.75 Å². The molecular formula is C13H9Cl2NO2. The molecule has 0 fully saturated rings. The molecule has 0 aliphatic heterocycles. The second-order valence-corrected chi connectivity index (χ2v) is 4.39. The number of aromatic nitrogens is 1. The van der Waals surface area contributed by atoms with E-state index in [0.717, 1.165) is 5.56 Å². The monoisotopic (exact) mass is 281 g/mol. The first-order valence-corrected chi connectivity index (χ1v) is 5.92. The van der Waals surface area contributed by atoms with Crippen molar-refractivity contribution in [2.24, 2.45) is 0 Å². The number of aryl methyl sites for hydroxylation is 1. The average Bonchev–Trinajstić information content (AvgIpc) is 2.37. The summed E-state index contributed by atoms with van der Waals surface area (Å²) in [6.07, 6.45) is 3.04. The molecule has 0 bridgehead atoms. The number of carbonyl (C=O) groups excluding carboxylic acids is 1. The van der Waals surface area contributed by atoms with E-state index < -0.39 is 5.97 Å². The van der Waals surface area contributed by atoms with Crippen molar-refractivity contribution in [2.75, 3.05) is 0 Å². The number of hydrogen-bond donors (Lipinski definition) is 0. The number of carbonyl (C=O) groups is 1. The van der Waals surface area contributed by atoms with Gasteiger partial charge in [-0.05, 0) is 30.7 Å². The molecule has 92 valence electrons. The standard InChI is InChI=1S/C13H9Cl2NO2/c1-8-4-5-10(12(15)11(8)14)13(17)18-9-3-2-6-16-7-9/h2-7H,1H3. The number of rotatable bonds is 2. The molecule has 0 aliphatic carbocycles. The van der Waals surface area contributed by atoms with Crippen LogP contribution in [-0.2, 0) is 0 Å². The normalized spacial score (nSPS) is 10.2. The zero-order valence-corrected chi connectivity index (χ0v) is 11.0. The van der Waals surface area contributed by atoms with Crippen molar-refractivity contribution in [3.63, 3.8) is 0 Å². The van der Waals surface area contributed by atoms with Gasteiger partial charge in [0.15, 0.2) is 0 Å². The van der Waals surface area contributed by atoms with Gasteiger partial charge in [-0.1, -0.05) is 29.3 Å². The second kappa shape index (κ2) is 5.38. The molecule has 0 spiro atoms. The molecule has 0 radical (unpaired) electrons. The zero-order chi connectivity index (χ0) is 13.1.